The summed E-state index contributed by atoms with van der Waals surface area (Å²) in [6.45, 7) is 0. The van der Waals surface area contributed by atoms with Gasteiger partial charge >= 0.3 is 5.97 Å². The fourth-order valence-corrected chi connectivity index (χ4v) is 4.12. The highest BCUT2D eigenvalue weighted by Gasteiger charge is 2.24. The number of hydrogen-bond donors (Lipinski definition) is 1. The summed E-state index contributed by atoms with van der Waals surface area (Å²) >= 11 is 0. The molecule has 1 aliphatic carbocycles. The molecule has 0 aromatic heterocycles. The van der Waals surface area contributed by atoms with Gasteiger partial charge in [-0.2, -0.15) is 0 Å². The third kappa shape index (κ3) is 2.94. The monoisotopic (exact) mass is 409 g/mol. The third-order valence-electron chi connectivity index (χ3n) is 5.50. The molecule has 3 aromatic carbocycles. The molecule has 0 bridgehead atoms. The average Bonchev–Trinajstić information content (AvgIpc) is 2.81. The van der Waals surface area contributed by atoms with Crippen LogP contribution in [0.25, 0.3) is 44.2 Å². The second-order valence-electron chi connectivity index (χ2n) is 7.23. The Bertz CT molecular complexity index is 1500. The normalized spacial score (nSPS) is 11.2. The molecular formula is C26H19NO4. The van der Waals surface area contributed by atoms with Gasteiger partial charge in [-0.25, -0.2) is 4.79 Å². The number of carbonyl (C=O) groups is 1. The fourth-order valence-electron chi connectivity index (χ4n) is 4.12. The first kappa shape index (κ1) is 18.9. The van der Waals surface area contributed by atoms with Gasteiger partial charge in [0, 0.05) is 22.6 Å². The lowest BCUT2D eigenvalue weighted by Crippen LogP contribution is -2.06. The second kappa shape index (κ2) is 7.29. The minimum Gasteiger partial charge on any atom is -0.496 e. The van der Waals surface area contributed by atoms with E-state index in [9.17, 15) is 4.79 Å². The van der Waals surface area contributed by atoms with Crippen LogP contribution in [0.1, 0.15) is 10.4 Å². The van der Waals surface area contributed by atoms with E-state index in [1.807, 2.05) is 54.6 Å². The van der Waals surface area contributed by atoms with Gasteiger partial charge in [0.15, 0.2) is 0 Å². The molecule has 3 aromatic rings. The molecule has 0 saturated heterocycles. The van der Waals surface area contributed by atoms with Gasteiger partial charge in [-0.05, 0) is 35.2 Å². The molecule has 0 amide bonds. The van der Waals surface area contributed by atoms with Crippen LogP contribution >= 0.6 is 0 Å². The number of ether oxygens (including phenoxy) is 2. The highest BCUT2D eigenvalue weighted by atomic mass is 16.5. The first-order valence-corrected chi connectivity index (χ1v) is 9.81. The molecule has 0 spiro atoms. The van der Waals surface area contributed by atoms with E-state index in [4.69, 9.17) is 19.3 Å². The quantitative estimate of drug-likeness (QED) is 0.238. The van der Waals surface area contributed by atoms with Crippen LogP contribution in [0.2, 0.25) is 0 Å². The first-order valence-electron chi connectivity index (χ1n) is 9.81. The Morgan fingerprint density at radius 2 is 1.68 bits per heavy atom. The minimum atomic E-state index is -0.422. The van der Waals surface area contributed by atoms with Gasteiger partial charge in [0.2, 0.25) is 0 Å². The fraction of sp³-hybridized carbons (Fsp3) is 0.0769. The lowest BCUT2D eigenvalue weighted by molar-refractivity contribution is 0.0601. The average molecular weight is 409 g/mol. The Morgan fingerprint density at radius 3 is 2.48 bits per heavy atom. The zero-order chi connectivity index (χ0) is 21.5. The van der Waals surface area contributed by atoms with Crippen molar-refractivity contribution < 1.29 is 18.7 Å². The molecule has 5 nitrogen and oxygen atoms in total. The number of benzene rings is 4. The first-order chi connectivity index (χ1) is 15.1. The van der Waals surface area contributed by atoms with E-state index < -0.39 is 5.97 Å². The van der Waals surface area contributed by atoms with E-state index in [2.05, 4.69) is 0 Å². The zero-order valence-corrected chi connectivity index (χ0v) is 17.1. The molecule has 2 aliphatic rings. The van der Waals surface area contributed by atoms with Gasteiger partial charge in [0.25, 0.3) is 0 Å². The molecule has 0 saturated carbocycles. The van der Waals surface area contributed by atoms with Crippen molar-refractivity contribution in [1.29, 1.82) is 5.41 Å². The van der Waals surface area contributed by atoms with Gasteiger partial charge in [-0.1, -0.05) is 42.5 Å². The standard InChI is InChI=1S/C26H19NO4/c1-29-22-13-15-7-3-4-8-17(15)25-24(22)23(20-12-11-16(27)14-21(20)31-25)18-9-5-6-10-19(18)26(28)30-2/h3-14,27H,1-2H3. The number of methoxy groups -OCH3 is 2. The van der Waals surface area contributed by atoms with E-state index in [1.54, 1.807) is 25.3 Å². The molecule has 1 heterocycles. The highest BCUT2D eigenvalue weighted by molar-refractivity contribution is 6.16. The van der Waals surface area contributed by atoms with Gasteiger partial charge in [0.05, 0.1) is 30.5 Å². The molecule has 0 unspecified atom stereocenters. The molecule has 1 aliphatic heterocycles. The van der Waals surface area contributed by atoms with Gasteiger partial charge in [-0.3, -0.25) is 0 Å². The third-order valence-corrected chi connectivity index (χ3v) is 5.50. The minimum absolute atomic E-state index is 0.343. The summed E-state index contributed by atoms with van der Waals surface area (Å²) in [7, 11) is 2.99. The SMILES string of the molecule is COC(=O)c1ccccc1-c1c2ccc(=N)cc-2oc2c1c(OC)cc1ccccc12. The Morgan fingerprint density at radius 1 is 0.903 bits per heavy atom. The van der Waals surface area contributed by atoms with Crippen LogP contribution in [-0.2, 0) is 4.74 Å². The summed E-state index contributed by atoms with van der Waals surface area (Å²) in [4.78, 5) is 12.6. The van der Waals surface area contributed by atoms with Crippen molar-refractivity contribution >= 4 is 27.7 Å². The Labute approximate surface area is 178 Å². The maximum atomic E-state index is 12.6. The molecule has 5 rings (SSSR count). The van der Waals surface area contributed by atoms with Crippen LogP contribution in [0.4, 0.5) is 0 Å². The smallest absolute Gasteiger partial charge is 0.338 e. The van der Waals surface area contributed by atoms with Crippen molar-refractivity contribution in [2.75, 3.05) is 14.2 Å². The molecule has 0 radical (unpaired) electrons. The highest BCUT2D eigenvalue weighted by Crippen LogP contribution is 2.46. The van der Waals surface area contributed by atoms with Crippen LogP contribution in [0.5, 0.6) is 5.75 Å². The van der Waals surface area contributed by atoms with E-state index in [0.717, 1.165) is 27.3 Å². The maximum Gasteiger partial charge on any atom is 0.338 e. The molecule has 5 heteroatoms. The lowest BCUT2D eigenvalue weighted by atomic mass is 9.89. The largest absolute Gasteiger partial charge is 0.496 e. The van der Waals surface area contributed by atoms with Crippen LogP contribution in [0.3, 0.4) is 0 Å². The number of nitrogens with one attached hydrogen (secondary N) is 1. The predicted molar refractivity (Wildman–Crippen MR) is 120 cm³/mol. The molecule has 1 N–H and O–H groups in total. The summed E-state index contributed by atoms with van der Waals surface area (Å²) in [5, 5.41) is 11.1. The zero-order valence-electron chi connectivity index (χ0n) is 17.1. The molecule has 152 valence electrons. The topological polar surface area (TPSA) is 72.5 Å². The maximum absolute atomic E-state index is 12.6. The van der Waals surface area contributed by atoms with Gasteiger partial charge in [-0.15, -0.1) is 0 Å². The van der Waals surface area contributed by atoms with Crippen molar-refractivity contribution in [2.45, 2.75) is 0 Å². The summed E-state index contributed by atoms with van der Waals surface area (Å²) in [5.41, 5.74) is 3.39. The van der Waals surface area contributed by atoms with Crippen LogP contribution in [0.15, 0.2) is 77.2 Å². The van der Waals surface area contributed by atoms with Crippen molar-refractivity contribution in [3.05, 3.63) is 83.7 Å². The Hall–Kier alpha value is -4.12. The van der Waals surface area contributed by atoms with Crippen molar-refractivity contribution in [1.82, 2.24) is 0 Å². The van der Waals surface area contributed by atoms with E-state index in [-0.39, 0.29) is 0 Å². The van der Waals surface area contributed by atoms with Gasteiger partial charge in [0.1, 0.15) is 17.1 Å². The lowest BCUT2D eigenvalue weighted by Gasteiger charge is -2.20. The number of hydrogen-bond acceptors (Lipinski definition) is 5. The van der Waals surface area contributed by atoms with Crippen LogP contribution < -0.4 is 10.1 Å². The van der Waals surface area contributed by atoms with Crippen molar-refractivity contribution in [3.63, 3.8) is 0 Å². The predicted octanol–water partition coefficient (Wildman–Crippen LogP) is 5.63. The number of esters is 1. The number of carbonyl (C=O) groups excluding carboxylic acids is 1. The van der Waals surface area contributed by atoms with Crippen LogP contribution in [0, 0.1) is 5.41 Å². The number of rotatable bonds is 3. The summed E-state index contributed by atoms with van der Waals surface area (Å²) in [6.07, 6.45) is 0. The molecule has 31 heavy (non-hydrogen) atoms. The van der Waals surface area contributed by atoms with E-state index >= 15 is 0 Å². The van der Waals surface area contributed by atoms with Crippen LogP contribution in [-0.4, -0.2) is 20.2 Å². The Balaban J connectivity index is 2.07. The molecular weight excluding hydrogens is 390 g/mol. The second-order valence-corrected chi connectivity index (χ2v) is 7.23. The summed E-state index contributed by atoms with van der Waals surface area (Å²) < 4.78 is 17.2. The van der Waals surface area contributed by atoms with Crippen molar-refractivity contribution in [3.8, 4) is 28.2 Å². The Kier molecular flexibility index (Phi) is 4.44. The molecule has 0 fully saturated rings. The summed E-state index contributed by atoms with van der Waals surface area (Å²) in [6, 6.07) is 22.5. The van der Waals surface area contributed by atoms with E-state index in [1.165, 1.54) is 7.11 Å². The van der Waals surface area contributed by atoms with E-state index in [0.29, 0.717) is 33.6 Å². The molecule has 0 atom stereocenters. The summed E-state index contributed by atoms with van der Waals surface area (Å²) in [5.74, 6) is 0.784. The van der Waals surface area contributed by atoms with Crippen molar-refractivity contribution in [2.24, 2.45) is 0 Å². The number of fused-ring (bicyclic) bond motifs is 4. The van der Waals surface area contributed by atoms with Gasteiger partial charge < -0.3 is 19.3 Å².